The second kappa shape index (κ2) is 8.04. The fourth-order valence-electron chi connectivity index (χ4n) is 2.56. The molecule has 7 heteroatoms. The summed E-state index contributed by atoms with van der Waals surface area (Å²) in [6.45, 7) is 6.99. The van der Waals surface area contributed by atoms with E-state index in [9.17, 15) is 22.8 Å². The number of hydrogen-bond acceptors (Lipinski definition) is 3. The Hall–Kier alpha value is -2.83. The standard InChI is InChI=1S/C21H22F3NO3/c1-5-14-8-6-7-9-17(14)18(26)25(20(2,3)4)28-19(27)15-10-12-16(13-11-15)21(22,23)24/h6-13H,5H2,1-4H3. The first-order valence-corrected chi connectivity index (χ1v) is 8.77. The average molecular weight is 393 g/mol. The zero-order chi connectivity index (χ0) is 21.1. The summed E-state index contributed by atoms with van der Waals surface area (Å²) >= 11 is 0. The minimum absolute atomic E-state index is 0.0844. The summed E-state index contributed by atoms with van der Waals surface area (Å²) in [5.74, 6) is -1.41. The molecular weight excluding hydrogens is 371 g/mol. The van der Waals surface area contributed by atoms with Gasteiger partial charge in [0.1, 0.15) is 0 Å². The van der Waals surface area contributed by atoms with Gasteiger partial charge in [0.15, 0.2) is 0 Å². The molecule has 0 N–H and O–H groups in total. The Bertz CT molecular complexity index is 852. The number of hydrogen-bond donors (Lipinski definition) is 0. The molecule has 0 saturated heterocycles. The van der Waals surface area contributed by atoms with E-state index in [2.05, 4.69) is 0 Å². The highest BCUT2D eigenvalue weighted by atomic mass is 19.4. The van der Waals surface area contributed by atoms with Crippen molar-refractivity contribution >= 4 is 11.9 Å². The van der Waals surface area contributed by atoms with Gasteiger partial charge in [-0.1, -0.05) is 25.1 Å². The highest BCUT2D eigenvalue weighted by Gasteiger charge is 2.34. The zero-order valence-corrected chi connectivity index (χ0v) is 16.1. The van der Waals surface area contributed by atoms with Gasteiger partial charge in [-0.15, -0.1) is 0 Å². The highest BCUT2D eigenvalue weighted by Crippen LogP contribution is 2.29. The van der Waals surface area contributed by atoms with Crippen LogP contribution in [0.4, 0.5) is 13.2 Å². The maximum atomic E-state index is 13.0. The van der Waals surface area contributed by atoms with E-state index in [0.717, 1.165) is 34.9 Å². The number of hydroxylamine groups is 2. The predicted molar refractivity (Wildman–Crippen MR) is 98.6 cm³/mol. The molecule has 1 amide bonds. The smallest absolute Gasteiger partial charge is 0.332 e. The number of aryl methyl sites for hydroxylation is 1. The Labute approximate surface area is 161 Å². The summed E-state index contributed by atoms with van der Waals surface area (Å²) in [7, 11) is 0. The van der Waals surface area contributed by atoms with E-state index in [1.807, 2.05) is 19.1 Å². The van der Waals surface area contributed by atoms with Gasteiger partial charge >= 0.3 is 12.1 Å². The van der Waals surface area contributed by atoms with Gasteiger partial charge < -0.3 is 4.84 Å². The van der Waals surface area contributed by atoms with Crippen molar-refractivity contribution in [2.75, 3.05) is 0 Å². The van der Waals surface area contributed by atoms with Crippen molar-refractivity contribution in [2.24, 2.45) is 0 Å². The van der Waals surface area contributed by atoms with Crippen molar-refractivity contribution < 1.29 is 27.6 Å². The fraction of sp³-hybridized carbons (Fsp3) is 0.333. The van der Waals surface area contributed by atoms with Crippen molar-refractivity contribution in [3.63, 3.8) is 0 Å². The van der Waals surface area contributed by atoms with E-state index in [0.29, 0.717) is 12.0 Å². The first-order chi connectivity index (χ1) is 12.9. The number of alkyl halides is 3. The van der Waals surface area contributed by atoms with Crippen LogP contribution in [0, 0.1) is 0 Å². The van der Waals surface area contributed by atoms with E-state index in [1.54, 1.807) is 32.9 Å². The summed E-state index contributed by atoms with van der Waals surface area (Å²) in [6, 6.07) is 10.6. The van der Waals surface area contributed by atoms with E-state index in [4.69, 9.17) is 4.84 Å². The molecule has 0 heterocycles. The van der Waals surface area contributed by atoms with Crippen molar-refractivity contribution in [1.82, 2.24) is 5.06 Å². The van der Waals surface area contributed by atoms with Gasteiger partial charge in [0, 0.05) is 5.56 Å². The van der Waals surface area contributed by atoms with Gasteiger partial charge in [-0.2, -0.15) is 18.2 Å². The third-order valence-electron chi connectivity index (χ3n) is 4.04. The van der Waals surface area contributed by atoms with Crippen LogP contribution in [0.3, 0.4) is 0 Å². The van der Waals surface area contributed by atoms with Crippen LogP contribution in [-0.2, 0) is 17.4 Å². The van der Waals surface area contributed by atoms with Gasteiger partial charge in [0.2, 0.25) is 0 Å². The van der Waals surface area contributed by atoms with Crippen LogP contribution in [-0.4, -0.2) is 22.5 Å². The molecule has 0 aliphatic carbocycles. The first-order valence-electron chi connectivity index (χ1n) is 8.77. The molecule has 0 unspecified atom stereocenters. The maximum Gasteiger partial charge on any atom is 0.416 e. The van der Waals surface area contributed by atoms with Gasteiger partial charge in [-0.3, -0.25) is 4.79 Å². The molecule has 0 aliphatic rings. The molecular formula is C21H22F3NO3. The van der Waals surface area contributed by atoms with Gasteiger partial charge in [0.05, 0.1) is 16.7 Å². The van der Waals surface area contributed by atoms with E-state index >= 15 is 0 Å². The first kappa shape index (κ1) is 21.5. The average Bonchev–Trinajstić information content (AvgIpc) is 2.63. The molecule has 0 radical (unpaired) electrons. The molecule has 2 aromatic carbocycles. The van der Waals surface area contributed by atoms with Gasteiger partial charge in [0.25, 0.3) is 5.91 Å². The molecule has 150 valence electrons. The molecule has 0 spiro atoms. The molecule has 2 rings (SSSR count). The molecule has 0 fully saturated rings. The van der Waals surface area contributed by atoms with Crippen LogP contribution in [0.2, 0.25) is 0 Å². The SMILES string of the molecule is CCc1ccccc1C(=O)N(OC(=O)c1ccc(C(F)(F)F)cc1)C(C)(C)C. The van der Waals surface area contributed by atoms with Crippen LogP contribution >= 0.6 is 0 Å². The Morgan fingerprint density at radius 3 is 2.04 bits per heavy atom. The van der Waals surface area contributed by atoms with Crippen LogP contribution in [0.1, 0.15) is 59.5 Å². The molecule has 2 aromatic rings. The third kappa shape index (κ3) is 4.91. The molecule has 0 aliphatic heterocycles. The number of carbonyl (C=O) groups excluding carboxylic acids is 2. The zero-order valence-electron chi connectivity index (χ0n) is 16.1. The lowest BCUT2D eigenvalue weighted by Gasteiger charge is -2.33. The van der Waals surface area contributed by atoms with Crippen LogP contribution in [0.5, 0.6) is 0 Å². The second-order valence-corrected chi connectivity index (χ2v) is 7.23. The maximum absolute atomic E-state index is 13.0. The lowest BCUT2D eigenvalue weighted by Crippen LogP contribution is -2.47. The normalized spacial score (nSPS) is 11.8. The molecule has 0 atom stereocenters. The van der Waals surface area contributed by atoms with Crippen molar-refractivity contribution in [2.45, 2.75) is 45.8 Å². The summed E-state index contributed by atoms with van der Waals surface area (Å²) in [5, 5.41) is 0.960. The largest absolute Gasteiger partial charge is 0.416 e. The third-order valence-corrected chi connectivity index (χ3v) is 4.04. The van der Waals surface area contributed by atoms with Crippen molar-refractivity contribution in [1.29, 1.82) is 0 Å². The molecule has 0 aromatic heterocycles. The number of halogens is 3. The number of amides is 1. The van der Waals surface area contributed by atoms with Crippen molar-refractivity contribution in [3.8, 4) is 0 Å². The number of carbonyl (C=O) groups is 2. The molecule has 0 bridgehead atoms. The molecule has 28 heavy (non-hydrogen) atoms. The van der Waals surface area contributed by atoms with E-state index in [1.165, 1.54) is 0 Å². The van der Waals surface area contributed by atoms with Crippen LogP contribution < -0.4 is 0 Å². The minimum atomic E-state index is -4.50. The molecule has 0 saturated carbocycles. The lowest BCUT2D eigenvalue weighted by atomic mass is 10.0. The fourth-order valence-corrected chi connectivity index (χ4v) is 2.56. The monoisotopic (exact) mass is 393 g/mol. The van der Waals surface area contributed by atoms with Crippen molar-refractivity contribution in [3.05, 3.63) is 70.8 Å². The summed E-state index contributed by atoms with van der Waals surface area (Å²) < 4.78 is 38.0. The number of rotatable bonds is 3. The number of nitrogens with zero attached hydrogens (tertiary/aromatic N) is 1. The molecule has 4 nitrogen and oxygen atoms in total. The Morgan fingerprint density at radius 2 is 1.54 bits per heavy atom. The Kier molecular flexibility index (Phi) is 6.17. The van der Waals surface area contributed by atoms with E-state index in [-0.39, 0.29) is 5.56 Å². The second-order valence-electron chi connectivity index (χ2n) is 7.23. The lowest BCUT2D eigenvalue weighted by molar-refractivity contribution is -0.137. The predicted octanol–water partition coefficient (Wildman–Crippen LogP) is 5.28. The minimum Gasteiger partial charge on any atom is -0.332 e. The summed E-state index contributed by atoms with van der Waals surface area (Å²) in [5.41, 5.74) is -0.615. The van der Waals surface area contributed by atoms with Gasteiger partial charge in [-0.25, -0.2) is 4.79 Å². The highest BCUT2D eigenvalue weighted by molar-refractivity contribution is 5.97. The topological polar surface area (TPSA) is 46.6 Å². The van der Waals surface area contributed by atoms with Crippen LogP contribution in [0.15, 0.2) is 48.5 Å². The summed E-state index contributed by atoms with van der Waals surface area (Å²) in [4.78, 5) is 30.8. The Morgan fingerprint density at radius 1 is 0.964 bits per heavy atom. The number of benzene rings is 2. The Balaban J connectivity index is 2.30. The van der Waals surface area contributed by atoms with Crippen LogP contribution in [0.25, 0.3) is 0 Å². The van der Waals surface area contributed by atoms with E-state index < -0.39 is 29.2 Å². The summed E-state index contributed by atoms with van der Waals surface area (Å²) in [6.07, 6.45) is -3.88. The quantitative estimate of drug-likeness (QED) is 0.667. The van der Waals surface area contributed by atoms with Gasteiger partial charge in [-0.05, 0) is 63.1 Å².